The number of amides is 2. The van der Waals surface area contributed by atoms with Crippen molar-refractivity contribution in [1.82, 2.24) is 14.9 Å². The van der Waals surface area contributed by atoms with Gasteiger partial charge in [-0.1, -0.05) is 6.07 Å². The molecule has 8 nitrogen and oxygen atoms in total. The molecule has 0 bridgehead atoms. The minimum Gasteiger partial charge on any atom is -0.444 e. The summed E-state index contributed by atoms with van der Waals surface area (Å²) in [5.74, 6) is -0.547. The highest BCUT2D eigenvalue weighted by Crippen LogP contribution is 2.22. The van der Waals surface area contributed by atoms with Crippen LogP contribution in [-0.2, 0) is 11.2 Å². The lowest BCUT2D eigenvalue weighted by molar-refractivity contribution is 0.0206. The van der Waals surface area contributed by atoms with Crippen molar-refractivity contribution in [3.8, 4) is 0 Å². The number of hydrogen-bond acceptors (Lipinski definition) is 6. The molecule has 2 amide bonds. The van der Waals surface area contributed by atoms with Gasteiger partial charge in [-0.3, -0.25) is 14.8 Å². The Balaban J connectivity index is 1.74. The summed E-state index contributed by atoms with van der Waals surface area (Å²) in [7, 11) is 0. The summed E-state index contributed by atoms with van der Waals surface area (Å²) in [4.78, 5) is 34.7. The number of rotatable bonds is 5. The van der Waals surface area contributed by atoms with Crippen LogP contribution in [0.3, 0.4) is 0 Å². The van der Waals surface area contributed by atoms with E-state index in [0.717, 1.165) is 24.2 Å². The summed E-state index contributed by atoms with van der Waals surface area (Å²) in [5, 5.41) is 3.39. The van der Waals surface area contributed by atoms with Gasteiger partial charge in [0, 0.05) is 49.3 Å². The maximum Gasteiger partial charge on any atom is 0.410 e. The SMILES string of the molecule is CC(C)(C)OC(=O)N1CCC[C@H](Nc2cc(Cc3ccccn3)ncc2C(N)=O)C1. The Morgan fingerprint density at radius 2 is 2.07 bits per heavy atom. The summed E-state index contributed by atoms with van der Waals surface area (Å²) >= 11 is 0. The standard InChI is InChI=1S/C22H29N5O3/c1-22(2,3)30-21(29)27-10-6-8-16(14-27)26-19-12-17(25-13-18(19)20(23)28)11-15-7-4-5-9-24-15/h4-5,7,9,12-13,16H,6,8,10-11,14H2,1-3H3,(H2,23,28)(H,25,26)/t16-/m0/s1. The van der Waals surface area contributed by atoms with Crippen LogP contribution >= 0.6 is 0 Å². The number of nitrogens with zero attached hydrogens (tertiary/aromatic N) is 3. The van der Waals surface area contributed by atoms with Crippen LogP contribution in [0.5, 0.6) is 0 Å². The molecule has 1 fully saturated rings. The van der Waals surface area contributed by atoms with Crippen LogP contribution in [0.2, 0.25) is 0 Å². The first-order chi connectivity index (χ1) is 14.2. The molecule has 1 saturated heterocycles. The molecule has 1 aliphatic heterocycles. The molecule has 0 radical (unpaired) electrons. The van der Waals surface area contributed by atoms with Crippen molar-refractivity contribution in [3.63, 3.8) is 0 Å². The second-order valence-corrected chi connectivity index (χ2v) is 8.49. The summed E-state index contributed by atoms with van der Waals surface area (Å²) in [5.41, 5.74) is 7.63. The van der Waals surface area contributed by atoms with Crippen LogP contribution in [-0.4, -0.2) is 51.6 Å². The first-order valence-electron chi connectivity index (χ1n) is 10.1. The Morgan fingerprint density at radius 3 is 2.73 bits per heavy atom. The molecule has 0 unspecified atom stereocenters. The molecule has 0 aliphatic carbocycles. The molecule has 1 atom stereocenters. The van der Waals surface area contributed by atoms with E-state index in [2.05, 4.69) is 15.3 Å². The Morgan fingerprint density at radius 1 is 1.27 bits per heavy atom. The van der Waals surface area contributed by atoms with Gasteiger partial charge in [-0.15, -0.1) is 0 Å². The topological polar surface area (TPSA) is 110 Å². The number of ether oxygens (including phenoxy) is 1. The van der Waals surface area contributed by atoms with Gasteiger partial charge >= 0.3 is 6.09 Å². The van der Waals surface area contributed by atoms with Crippen molar-refractivity contribution in [2.45, 2.75) is 51.7 Å². The molecular weight excluding hydrogens is 382 g/mol. The van der Waals surface area contributed by atoms with Crippen molar-refractivity contribution in [1.29, 1.82) is 0 Å². The highest BCUT2D eigenvalue weighted by molar-refractivity contribution is 5.98. The second-order valence-electron chi connectivity index (χ2n) is 8.49. The van der Waals surface area contributed by atoms with Crippen LogP contribution in [0.1, 0.15) is 55.4 Å². The summed E-state index contributed by atoms with van der Waals surface area (Å²) in [6, 6.07) is 7.53. The molecule has 2 aromatic heterocycles. The van der Waals surface area contributed by atoms with Crippen LogP contribution in [0.15, 0.2) is 36.7 Å². The minimum absolute atomic E-state index is 0.0190. The predicted molar refractivity (Wildman–Crippen MR) is 114 cm³/mol. The molecule has 2 aromatic rings. The number of carbonyl (C=O) groups excluding carboxylic acids is 2. The van der Waals surface area contributed by atoms with Gasteiger partial charge in [-0.05, 0) is 51.8 Å². The lowest BCUT2D eigenvalue weighted by atomic mass is 10.0. The lowest BCUT2D eigenvalue weighted by Gasteiger charge is -2.35. The van der Waals surface area contributed by atoms with Gasteiger partial charge in [0.25, 0.3) is 5.91 Å². The van der Waals surface area contributed by atoms with E-state index in [1.165, 1.54) is 6.20 Å². The van der Waals surface area contributed by atoms with E-state index in [9.17, 15) is 9.59 Å². The van der Waals surface area contributed by atoms with Gasteiger partial charge < -0.3 is 20.7 Å². The van der Waals surface area contributed by atoms with Gasteiger partial charge in [0.15, 0.2) is 0 Å². The van der Waals surface area contributed by atoms with Crippen LogP contribution in [0.4, 0.5) is 10.5 Å². The Bertz CT molecular complexity index is 895. The second kappa shape index (κ2) is 9.11. The van der Waals surface area contributed by atoms with E-state index in [1.54, 1.807) is 11.1 Å². The normalized spacial score (nSPS) is 16.8. The molecule has 8 heteroatoms. The molecule has 30 heavy (non-hydrogen) atoms. The number of piperidine rings is 1. The van der Waals surface area contributed by atoms with Crippen molar-refractivity contribution in [2.75, 3.05) is 18.4 Å². The van der Waals surface area contributed by atoms with E-state index in [0.29, 0.717) is 30.8 Å². The van der Waals surface area contributed by atoms with Gasteiger partial charge in [0.1, 0.15) is 5.60 Å². The largest absolute Gasteiger partial charge is 0.444 e. The summed E-state index contributed by atoms with van der Waals surface area (Å²) in [6.07, 6.45) is 5.17. The third-order valence-corrected chi connectivity index (χ3v) is 4.75. The number of primary amides is 1. The maximum absolute atomic E-state index is 12.4. The quantitative estimate of drug-likeness (QED) is 0.783. The van der Waals surface area contributed by atoms with Crippen molar-refractivity contribution < 1.29 is 14.3 Å². The van der Waals surface area contributed by atoms with Crippen molar-refractivity contribution >= 4 is 17.7 Å². The van der Waals surface area contributed by atoms with Crippen LogP contribution in [0.25, 0.3) is 0 Å². The molecule has 160 valence electrons. The van der Waals surface area contributed by atoms with Gasteiger partial charge in [0.05, 0.1) is 11.3 Å². The third kappa shape index (κ3) is 5.92. The molecule has 0 saturated carbocycles. The molecule has 3 N–H and O–H groups in total. The Hall–Kier alpha value is -3.16. The Labute approximate surface area is 176 Å². The van der Waals surface area contributed by atoms with E-state index in [4.69, 9.17) is 10.5 Å². The molecule has 3 rings (SSSR count). The first-order valence-corrected chi connectivity index (χ1v) is 10.1. The highest BCUT2D eigenvalue weighted by atomic mass is 16.6. The fourth-order valence-electron chi connectivity index (χ4n) is 3.41. The molecule has 0 spiro atoms. The number of carbonyl (C=O) groups is 2. The van der Waals surface area contributed by atoms with E-state index in [-0.39, 0.29) is 12.1 Å². The smallest absolute Gasteiger partial charge is 0.410 e. The van der Waals surface area contributed by atoms with Crippen LogP contribution in [0, 0.1) is 0 Å². The minimum atomic E-state index is -0.547. The zero-order valence-corrected chi connectivity index (χ0v) is 17.7. The van der Waals surface area contributed by atoms with E-state index >= 15 is 0 Å². The number of nitrogens with one attached hydrogen (secondary N) is 1. The number of hydrogen-bond donors (Lipinski definition) is 2. The Kier molecular flexibility index (Phi) is 6.54. The first kappa shape index (κ1) is 21.5. The average molecular weight is 412 g/mol. The molecule has 0 aromatic carbocycles. The van der Waals surface area contributed by atoms with Gasteiger partial charge in [-0.25, -0.2) is 4.79 Å². The number of pyridine rings is 2. The molecule has 1 aliphatic rings. The molecular formula is C22H29N5O3. The number of anilines is 1. The number of nitrogens with two attached hydrogens (primary N) is 1. The lowest BCUT2D eigenvalue weighted by Crippen LogP contribution is -2.47. The van der Waals surface area contributed by atoms with Crippen molar-refractivity contribution in [2.24, 2.45) is 5.73 Å². The van der Waals surface area contributed by atoms with Gasteiger partial charge in [0.2, 0.25) is 0 Å². The fraction of sp³-hybridized carbons (Fsp3) is 0.455. The van der Waals surface area contributed by atoms with Crippen molar-refractivity contribution in [3.05, 3.63) is 53.6 Å². The monoisotopic (exact) mass is 411 g/mol. The highest BCUT2D eigenvalue weighted by Gasteiger charge is 2.28. The van der Waals surface area contributed by atoms with Crippen LogP contribution < -0.4 is 11.1 Å². The van der Waals surface area contributed by atoms with Gasteiger partial charge in [-0.2, -0.15) is 0 Å². The fourth-order valence-corrected chi connectivity index (χ4v) is 3.41. The van der Waals surface area contributed by atoms with E-state index < -0.39 is 11.5 Å². The maximum atomic E-state index is 12.4. The predicted octanol–water partition coefficient (Wildman–Crippen LogP) is 2.98. The summed E-state index contributed by atoms with van der Waals surface area (Å²) < 4.78 is 5.49. The average Bonchev–Trinajstić information content (AvgIpc) is 2.68. The summed E-state index contributed by atoms with van der Waals surface area (Å²) in [6.45, 7) is 6.69. The van der Waals surface area contributed by atoms with E-state index in [1.807, 2.05) is 45.0 Å². The molecule has 3 heterocycles. The number of likely N-dealkylation sites (tertiary alicyclic amines) is 1. The third-order valence-electron chi connectivity index (χ3n) is 4.75. The zero-order chi connectivity index (χ0) is 21.7. The number of aromatic nitrogens is 2. The zero-order valence-electron chi connectivity index (χ0n) is 17.7.